The van der Waals surface area contributed by atoms with Crippen LogP contribution in [0.15, 0.2) is 49.1 Å². The van der Waals surface area contributed by atoms with Crippen LogP contribution in [0.2, 0.25) is 10.0 Å². The van der Waals surface area contributed by atoms with E-state index in [1.807, 2.05) is 0 Å². The number of para-hydroxylation sites is 1. The number of benzene rings is 1. The van der Waals surface area contributed by atoms with E-state index in [9.17, 15) is 9.18 Å². The first kappa shape index (κ1) is 23.8. The first-order valence-corrected chi connectivity index (χ1v) is 10.6. The van der Waals surface area contributed by atoms with Gasteiger partial charge in [-0.3, -0.25) is 4.79 Å². The maximum atomic E-state index is 13.1. The number of aliphatic hydroxyl groups is 1. The number of rotatable bonds is 9. The Kier molecular flexibility index (Phi) is 7.48. The molecular weight excluding hydrogens is 490 g/mol. The molecule has 4 rings (SSSR count). The van der Waals surface area contributed by atoms with Crippen LogP contribution in [0.1, 0.15) is 0 Å². The summed E-state index contributed by atoms with van der Waals surface area (Å²) < 4.78 is 25.7. The summed E-state index contributed by atoms with van der Waals surface area (Å²) in [5, 5.41) is 16.9. The Morgan fingerprint density at radius 1 is 1.15 bits per heavy atom. The van der Waals surface area contributed by atoms with Gasteiger partial charge < -0.3 is 19.9 Å². The van der Waals surface area contributed by atoms with E-state index in [4.69, 9.17) is 37.8 Å². The van der Waals surface area contributed by atoms with Gasteiger partial charge in [0.15, 0.2) is 5.65 Å². The average Bonchev–Trinajstić information content (AvgIpc) is 3.24. The van der Waals surface area contributed by atoms with E-state index in [1.165, 1.54) is 23.3 Å². The SMILES string of the molecule is O=C(Nc1ccc(F)cn1)[C@H](COCCO)Oc1ncnc2c1cnn2-c1c(Cl)cccc1Cl. The highest BCUT2D eigenvalue weighted by Gasteiger charge is 2.25. The number of aromatic nitrogens is 5. The normalized spacial score (nSPS) is 12.0. The Balaban J connectivity index is 1.63. The number of anilines is 1. The number of nitrogens with one attached hydrogen (secondary N) is 1. The largest absolute Gasteiger partial charge is 0.461 e. The van der Waals surface area contributed by atoms with Gasteiger partial charge in [-0.25, -0.2) is 24.0 Å². The molecule has 1 aromatic carbocycles. The van der Waals surface area contributed by atoms with E-state index in [0.29, 0.717) is 26.8 Å². The molecule has 34 heavy (non-hydrogen) atoms. The highest BCUT2D eigenvalue weighted by molar-refractivity contribution is 6.37. The van der Waals surface area contributed by atoms with Crippen molar-refractivity contribution < 1.29 is 23.8 Å². The third-order valence-electron chi connectivity index (χ3n) is 4.51. The molecule has 4 aromatic rings. The molecule has 0 aliphatic rings. The lowest BCUT2D eigenvalue weighted by atomic mass is 10.3. The molecule has 3 aromatic heterocycles. The van der Waals surface area contributed by atoms with Crippen molar-refractivity contribution in [1.82, 2.24) is 24.7 Å². The standard InChI is InChI=1S/C21H17Cl2FN6O4/c22-14-2-1-3-15(23)18(14)30-19-13(9-28-30)21(27-11-26-19)34-16(10-33-7-6-31)20(32)29-17-5-4-12(24)8-25-17/h1-5,8-9,11,16,31H,6-7,10H2,(H,25,29,32)/t16-/m0/s1. The minimum Gasteiger partial charge on any atom is -0.461 e. The molecule has 0 radical (unpaired) electrons. The third-order valence-corrected chi connectivity index (χ3v) is 5.12. The van der Waals surface area contributed by atoms with E-state index >= 15 is 0 Å². The molecule has 0 aliphatic carbocycles. The highest BCUT2D eigenvalue weighted by Crippen LogP contribution is 2.31. The second-order valence-electron chi connectivity index (χ2n) is 6.80. The second kappa shape index (κ2) is 10.7. The van der Waals surface area contributed by atoms with Crippen LogP contribution < -0.4 is 10.1 Å². The molecule has 2 N–H and O–H groups in total. The predicted molar refractivity (Wildman–Crippen MR) is 122 cm³/mol. The van der Waals surface area contributed by atoms with Crippen LogP contribution >= 0.6 is 23.2 Å². The zero-order chi connectivity index (χ0) is 24.1. The fraction of sp³-hybridized carbons (Fsp3) is 0.190. The summed E-state index contributed by atoms with van der Waals surface area (Å²) >= 11 is 12.6. The van der Waals surface area contributed by atoms with Gasteiger partial charge in [0.1, 0.15) is 29.0 Å². The number of hydrogen-bond donors (Lipinski definition) is 2. The quantitative estimate of drug-likeness (QED) is 0.332. The molecule has 13 heteroatoms. The number of pyridine rings is 1. The molecule has 0 saturated carbocycles. The van der Waals surface area contributed by atoms with Crippen molar-refractivity contribution >= 4 is 46.0 Å². The van der Waals surface area contributed by atoms with Crippen molar-refractivity contribution in [3.05, 3.63) is 64.9 Å². The lowest BCUT2D eigenvalue weighted by molar-refractivity contribution is -0.125. The number of nitrogens with zero attached hydrogens (tertiary/aromatic N) is 5. The van der Waals surface area contributed by atoms with Crippen LogP contribution in [0.5, 0.6) is 5.88 Å². The van der Waals surface area contributed by atoms with Gasteiger partial charge in [0, 0.05) is 0 Å². The van der Waals surface area contributed by atoms with Crippen molar-refractivity contribution in [3.63, 3.8) is 0 Å². The minimum atomic E-state index is -1.19. The van der Waals surface area contributed by atoms with Gasteiger partial charge in [-0.1, -0.05) is 29.3 Å². The predicted octanol–water partition coefficient (Wildman–Crippen LogP) is 3.05. The number of ether oxygens (including phenoxy) is 2. The summed E-state index contributed by atoms with van der Waals surface area (Å²) in [6.07, 6.45) is 2.47. The number of carbonyl (C=O) groups is 1. The van der Waals surface area contributed by atoms with Gasteiger partial charge >= 0.3 is 0 Å². The smallest absolute Gasteiger partial charge is 0.269 e. The molecule has 0 spiro atoms. The Hall–Kier alpha value is -3.38. The first-order chi connectivity index (χ1) is 16.5. The van der Waals surface area contributed by atoms with E-state index in [-0.39, 0.29) is 31.5 Å². The van der Waals surface area contributed by atoms with Crippen LogP contribution in [0.3, 0.4) is 0 Å². The summed E-state index contributed by atoms with van der Waals surface area (Å²) in [7, 11) is 0. The summed E-state index contributed by atoms with van der Waals surface area (Å²) in [5.41, 5.74) is 0.768. The number of halogens is 3. The fourth-order valence-electron chi connectivity index (χ4n) is 2.98. The number of hydrogen-bond acceptors (Lipinski definition) is 8. The van der Waals surface area contributed by atoms with Gasteiger partial charge in [0.05, 0.1) is 42.3 Å². The maximum absolute atomic E-state index is 13.1. The average molecular weight is 507 g/mol. The topological polar surface area (TPSA) is 124 Å². The van der Waals surface area contributed by atoms with Crippen molar-refractivity contribution in [2.24, 2.45) is 0 Å². The number of amides is 1. The monoisotopic (exact) mass is 506 g/mol. The molecule has 0 saturated heterocycles. The number of carbonyl (C=O) groups excluding carboxylic acids is 1. The molecule has 0 aliphatic heterocycles. The summed E-state index contributed by atoms with van der Waals surface area (Å²) in [6.45, 7) is -0.454. The van der Waals surface area contributed by atoms with Crippen LogP contribution in [0, 0.1) is 5.82 Å². The summed E-state index contributed by atoms with van der Waals surface area (Å²) in [5.74, 6) is -0.989. The molecule has 3 heterocycles. The van der Waals surface area contributed by atoms with Crippen LogP contribution in [0.4, 0.5) is 10.2 Å². The molecule has 1 atom stereocenters. The second-order valence-corrected chi connectivity index (χ2v) is 7.61. The minimum absolute atomic E-state index is 0.00986. The third kappa shape index (κ3) is 5.23. The van der Waals surface area contributed by atoms with Gasteiger partial charge in [-0.2, -0.15) is 5.10 Å². The van der Waals surface area contributed by atoms with Gasteiger partial charge in [-0.05, 0) is 24.3 Å². The van der Waals surface area contributed by atoms with Crippen LogP contribution in [-0.4, -0.2) is 61.7 Å². The Morgan fingerprint density at radius 2 is 1.94 bits per heavy atom. The molecule has 10 nitrogen and oxygen atoms in total. The van der Waals surface area contributed by atoms with Gasteiger partial charge in [-0.15, -0.1) is 0 Å². The zero-order valence-electron chi connectivity index (χ0n) is 17.4. The Morgan fingerprint density at radius 3 is 2.65 bits per heavy atom. The van der Waals surface area contributed by atoms with Crippen molar-refractivity contribution in [1.29, 1.82) is 0 Å². The van der Waals surface area contributed by atoms with Crippen molar-refractivity contribution in [3.8, 4) is 11.6 Å². The van der Waals surface area contributed by atoms with Crippen LogP contribution in [-0.2, 0) is 9.53 Å². The summed E-state index contributed by atoms with van der Waals surface area (Å²) in [6, 6.07) is 7.49. The lowest BCUT2D eigenvalue weighted by Gasteiger charge is -2.18. The Labute approximate surface area is 202 Å². The molecule has 0 bridgehead atoms. The van der Waals surface area contributed by atoms with E-state index in [1.54, 1.807) is 18.2 Å². The molecule has 176 valence electrons. The van der Waals surface area contributed by atoms with Gasteiger partial charge in [0.2, 0.25) is 12.0 Å². The van der Waals surface area contributed by atoms with E-state index in [0.717, 1.165) is 12.3 Å². The molecule has 0 unspecified atom stereocenters. The number of fused-ring (bicyclic) bond motifs is 1. The molecule has 1 amide bonds. The zero-order valence-corrected chi connectivity index (χ0v) is 18.9. The lowest BCUT2D eigenvalue weighted by Crippen LogP contribution is -2.37. The van der Waals surface area contributed by atoms with Crippen molar-refractivity contribution in [2.75, 3.05) is 25.1 Å². The van der Waals surface area contributed by atoms with Crippen molar-refractivity contribution in [2.45, 2.75) is 6.10 Å². The molecule has 0 fully saturated rings. The fourth-order valence-corrected chi connectivity index (χ4v) is 3.54. The van der Waals surface area contributed by atoms with Gasteiger partial charge in [0.25, 0.3) is 5.91 Å². The van der Waals surface area contributed by atoms with E-state index in [2.05, 4.69) is 25.4 Å². The first-order valence-electron chi connectivity index (χ1n) is 9.88. The molecular formula is C21H17Cl2FN6O4. The van der Waals surface area contributed by atoms with Crippen LogP contribution in [0.25, 0.3) is 16.7 Å². The highest BCUT2D eigenvalue weighted by atomic mass is 35.5. The maximum Gasteiger partial charge on any atom is 0.269 e. The Bertz CT molecular complexity index is 1280. The number of aliphatic hydroxyl groups excluding tert-OH is 1. The summed E-state index contributed by atoms with van der Waals surface area (Å²) in [4.78, 5) is 25.0. The van der Waals surface area contributed by atoms with E-state index < -0.39 is 17.8 Å².